The van der Waals surface area contributed by atoms with Crippen molar-refractivity contribution in [3.05, 3.63) is 0 Å². The van der Waals surface area contributed by atoms with Crippen LogP contribution in [0, 0.1) is 5.41 Å². The molecule has 0 bridgehead atoms. The minimum Gasteiger partial charge on any atom is -0.376 e. The lowest BCUT2D eigenvalue weighted by Gasteiger charge is -2.42. The average molecular weight is 242 g/mol. The van der Waals surface area contributed by atoms with Gasteiger partial charge in [-0.2, -0.15) is 0 Å². The zero-order chi connectivity index (χ0) is 13.1. The SMILES string of the molecule is CCNC(CN1CC(C)OCC1C)C(C)(C)C. The van der Waals surface area contributed by atoms with Gasteiger partial charge in [-0.3, -0.25) is 4.90 Å². The van der Waals surface area contributed by atoms with Gasteiger partial charge < -0.3 is 10.1 Å². The van der Waals surface area contributed by atoms with Crippen LogP contribution in [0.2, 0.25) is 0 Å². The highest BCUT2D eigenvalue weighted by atomic mass is 16.5. The summed E-state index contributed by atoms with van der Waals surface area (Å²) in [5, 5.41) is 3.62. The highest BCUT2D eigenvalue weighted by Gasteiger charge is 2.30. The Bertz CT molecular complexity index is 225. The van der Waals surface area contributed by atoms with Crippen LogP contribution in [0.3, 0.4) is 0 Å². The van der Waals surface area contributed by atoms with Crippen LogP contribution in [-0.2, 0) is 4.74 Å². The maximum absolute atomic E-state index is 5.69. The average Bonchev–Trinajstić information content (AvgIpc) is 2.21. The van der Waals surface area contributed by atoms with E-state index in [9.17, 15) is 0 Å². The van der Waals surface area contributed by atoms with Gasteiger partial charge in [-0.25, -0.2) is 0 Å². The Morgan fingerprint density at radius 3 is 2.53 bits per heavy atom. The molecule has 1 heterocycles. The zero-order valence-corrected chi connectivity index (χ0v) is 12.4. The topological polar surface area (TPSA) is 24.5 Å². The number of hydrogen-bond donors (Lipinski definition) is 1. The lowest BCUT2D eigenvalue weighted by Crippen LogP contribution is -2.55. The number of nitrogens with zero attached hydrogens (tertiary/aromatic N) is 1. The molecule has 17 heavy (non-hydrogen) atoms. The molecule has 102 valence electrons. The second-order valence-corrected chi connectivity index (χ2v) is 6.42. The molecule has 3 unspecified atom stereocenters. The highest BCUT2D eigenvalue weighted by molar-refractivity contribution is 4.86. The first-order valence-electron chi connectivity index (χ1n) is 6.93. The Balaban J connectivity index is 2.59. The molecule has 0 amide bonds. The normalized spacial score (nSPS) is 29.3. The Morgan fingerprint density at radius 2 is 2.00 bits per heavy atom. The first-order valence-corrected chi connectivity index (χ1v) is 6.93. The van der Waals surface area contributed by atoms with Crippen molar-refractivity contribution < 1.29 is 4.74 Å². The van der Waals surface area contributed by atoms with E-state index in [1.807, 2.05) is 0 Å². The molecule has 1 saturated heterocycles. The van der Waals surface area contributed by atoms with Crippen molar-refractivity contribution in [1.82, 2.24) is 10.2 Å². The third kappa shape index (κ3) is 4.57. The third-order valence-corrected chi connectivity index (χ3v) is 3.65. The third-order valence-electron chi connectivity index (χ3n) is 3.65. The summed E-state index contributed by atoms with van der Waals surface area (Å²) in [5.74, 6) is 0. The second kappa shape index (κ2) is 6.17. The Hall–Kier alpha value is -0.120. The number of likely N-dealkylation sites (N-methyl/N-ethyl adjacent to an activating group) is 1. The number of nitrogens with one attached hydrogen (secondary N) is 1. The van der Waals surface area contributed by atoms with Crippen molar-refractivity contribution in [3.8, 4) is 0 Å². The van der Waals surface area contributed by atoms with E-state index in [2.05, 4.69) is 51.8 Å². The van der Waals surface area contributed by atoms with Crippen LogP contribution in [-0.4, -0.2) is 49.3 Å². The molecule has 3 nitrogen and oxygen atoms in total. The molecule has 0 spiro atoms. The van der Waals surface area contributed by atoms with Crippen molar-refractivity contribution in [2.24, 2.45) is 5.41 Å². The number of ether oxygens (including phenoxy) is 1. The van der Waals surface area contributed by atoms with Crippen LogP contribution in [0.15, 0.2) is 0 Å². The van der Waals surface area contributed by atoms with E-state index < -0.39 is 0 Å². The molecule has 0 aromatic heterocycles. The van der Waals surface area contributed by atoms with Gasteiger partial charge in [0.05, 0.1) is 12.7 Å². The fourth-order valence-corrected chi connectivity index (χ4v) is 2.35. The molecular weight excluding hydrogens is 212 g/mol. The van der Waals surface area contributed by atoms with E-state index >= 15 is 0 Å². The van der Waals surface area contributed by atoms with E-state index in [-0.39, 0.29) is 0 Å². The van der Waals surface area contributed by atoms with E-state index in [1.54, 1.807) is 0 Å². The van der Waals surface area contributed by atoms with E-state index in [1.165, 1.54) is 0 Å². The van der Waals surface area contributed by atoms with Crippen LogP contribution < -0.4 is 5.32 Å². The summed E-state index contributed by atoms with van der Waals surface area (Å²) in [5.41, 5.74) is 0.303. The molecular formula is C14H30N2O. The molecule has 3 heteroatoms. The standard InChI is InChI=1S/C14H30N2O/c1-7-15-13(14(4,5)6)9-16-8-12(3)17-10-11(16)2/h11-13,15H,7-10H2,1-6H3. The predicted molar refractivity (Wildman–Crippen MR) is 73.4 cm³/mol. The zero-order valence-electron chi connectivity index (χ0n) is 12.4. The summed E-state index contributed by atoms with van der Waals surface area (Å²) in [6.07, 6.45) is 0.369. The van der Waals surface area contributed by atoms with Gasteiger partial charge in [0.1, 0.15) is 0 Å². The monoisotopic (exact) mass is 242 g/mol. The molecule has 0 aromatic rings. The van der Waals surface area contributed by atoms with Crippen LogP contribution in [0.1, 0.15) is 41.5 Å². The quantitative estimate of drug-likeness (QED) is 0.817. The van der Waals surface area contributed by atoms with Crippen molar-refractivity contribution in [3.63, 3.8) is 0 Å². The smallest absolute Gasteiger partial charge is 0.0674 e. The first-order chi connectivity index (χ1) is 7.84. The van der Waals surface area contributed by atoms with Crippen molar-refractivity contribution in [2.75, 3.05) is 26.2 Å². The molecule has 1 fully saturated rings. The Morgan fingerprint density at radius 1 is 1.35 bits per heavy atom. The van der Waals surface area contributed by atoms with Gasteiger partial charge in [0.25, 0.3) is 0 Å². The summed E-state index contributed by atoms with van der Waals surface area (Å²) in [4.78, 5) is 2.56. The van der Waals surface area contributed by atoms with Gasteiger partial charge in [-0.1, -0.05) is 27.7 Å². The summed E-state index contributed by atoms with van der Waals surface area (Å²) >= 11 is 0. The fraction of sp³-hybridized carbons (Fsp3) is 1.00. The van der Waals surface area contributed by atoms with Gasteiger partial charge in [-0.15, -0.1) is 0 Å². The largest absolute Gasteiger partial charge is 0.376 e. The van der Waals surface area contributed by atoms with Crippen molar-refractivity contribution in [2.45, 2.75) is 59.7 Å². The van der Waals surface area contributed by atoms with Crippen LogP contribution >= 0.6 is 0 Å². The fourth-order valence-electron chi connectivity index (χ4n) is 2.35. The van der Waals surface area contributed by atoms with Crippen LogP contribution in [0.4, 0.5) is 0 Å². The molecule has 0 saturated carbocycles. The Labute approximate surface area is 107 Å². The molecule has 0 aromatic carbocycles. The summed E-state index contributed by atoms with van der Waals surface area (Å²) < 4.78 is 5.69. The number of morpholine rings is 1. The minimum atomic E-state index is 0.303. The number of hydrogen-bond acceptors (Lipinski definition) is 3. The van der Waals surface area contributed by atoms with Crippen LogP contribution in [0.5, 0.6) is 0 Å². The maximum atomic E-state index is 5.69. The van der Waals surface area contributed by atoms with Gasteiger partial charge in [0.15, 0.2) is 0 Å². The van der Waals surface area contributed by atoms with Gasteiger partial charge in [0, 0.05) is 25.2 Å². The van der Waals surface area contributed by atoms with Crippen LogP contribution in [0.25, 0.3) is 0 Å². The minimum absolute atomic E-state index is 0.303. The summed E-state index contributed by atoms with van der Waals surface area (Å²) in [7, 11) is 0. The molecule has 0 aliphatic carbocycles. The van der Waals surface area contributed by atoms with Gasteiger partial charge >= 0.3 is 0 Å². The maximum Gasteiger partial charge on any atom is 0.0674 e. The van der Waals surface area contributed by atoms with Crippen molar-refractivity contribution in [1.29, 1.82) is 0 Å². The number of rotatable bonds is 4. The molecule has 3 atom stereocenters. The molecule has 1 aliphatic rings. The molecule has 1 aliphatic heterocycles. The van der Waals surface area contributed by atoms with E-state index in [0.29, 0.717) is 23.6 Å². The van der Waals surface area contributed by atoms with Gasteiger partial charge in [-0.05, 0) is 25.8 Å². The molecule has 0 radical (unpaired) electrons. The predicted octanol–water partition coefficient (Wildman–Crippen LogP) is 2.12. The van der Waals surface area contributed by atoms with E-state index in [4.69, 9.17) is 4.74 Å². The molecule has 1 N–H and O–H groups in total. The Kier molecular flexibility index (Phi) is 5.42. The highest BCUT2D eigenvalue weighted by Crippen LogP contribution is 2.22. The lowest BCUT2D eigenvalue weighted by molar-refractivity contribution is -0.0558. The summed E-state index contributed by atoms with van der Waals surface area (Å²) in [6, 6.07) is 1.08. The first kappa shape index (κ1) is 14.9. The molecule has 1 rings (SSSR count). The van der Waals surface area contributed by atoms with Gasteiger partial charge in [0.2, 0.25) is 0 Å². The second-order valence-electron chi connectivity index (χ2n) is 6.42. The summed E-state index contributed by atoms with van der Waals surface area (Å²) in [6.45, 7) is 17.6. The van der Waals surface area contributed by atoms with Crippen molar-refractivity contribution >= 4 is 0 Å². The lowest BCUT2D eigenvalue weighted by atomic mass is 9.86. The van der Waals surface area contributed by atoms with E-state index in [0.717, 1.165) is 26.2 Å².